The minimum atomic E-state index is -0.255. The topological polar surface area (TPSA) is 92.3 Å². The highest BCUT2D eigenvalue weighted by molar-refractivity contribution is 5.93. The number of aromatic amines is 1. The maximum absolute atomic E-state index is 13.1. The molecule has 0 aliphatic rings. The molecule has 0 bridgehead atoms. The summed E-state index contributed by atoms with van der Waals surface area (Å²) in [6.45, 7) is 1.98. The molecule has 29 heavy (non-hydrogen) atoms. The van der Waals surface area contributed by atoms with Gasteiger partial charge in [0.1, 0.15) is 12.1 Å². The van der Waals surface area contributed by atoms with Crippen LogP contribution in [0.5, 0.6) is 0 Å². The third-order valence-electron chi connectivity index (χ3n) is 4.82. The average molecular weight is 385 g/mol. The highest BCUT2D eigenvalue weighted by Gasteiger charge is 2.11. The Balaban J connectivity index is 1.45. The molecular weight excluding hydrogens is 369 g/mol. The molecule has 0 aliphatic carbocycles. The van der Waals surface area contributed by atoms with E-state index in [0.717, 1.165) is 33.1 Å². The van der Waals surface area contributed by atoms with E-state index in [1.54, 1.807) is 24.5 Å². The predicted molar refractivity (Wildman–Crippen MR) is 109 cm³/mol. The SMILES string of the molecule is C[C@@H](Nc1ncc2cc(-c3ncnc4[nH]ncc34)ccc2n1)c1ccc(F)cc1. The van der Waals surface area contributed by atoms with Gasteiger partial charge < -0.3 is 5.32 Å². The third-order valence-corrected chi connectivity index (χ3v) is 4.82. The number of anilines is 1. The molecule has 8 heteroatoms. The Morgan fingerprint density at radius 1 is 1.00 bits per heavy atom. The van der Waals surface area contributed by atoms with E-state index in [4.69, 9.17) is 0 Å². The number of halogens is 1. The van der Waals surface area contributed by atoms with Gasteiger partial charge in [0.05, 0.1) is 28.8 Å². The van der Waals surface area contributed by atoms with Crippen LogP contribution >= 0.6 is 0 Å². The first-order valence-corrected chi connectivity index (χ1v) is 9.10. The summed E-state index contributed by atoms with van der Waals surface area (Å²) in [6, 6.07) is 12.2. The van der Waals surface area contributed by atoms with Gasteiger partial charge in [-0.2, -0.15) is 5.10 Å². The molecule has 0 radical (unpaired) electrons. The lowest BCUT2D eigenvalue weighted by molar-refractivity contribution is 0.626. The maximum Gasteiger partial charge on any atom is 0.223 e. The van der Waals surface area contributed by atoms with Crippen LogP contribution in [0.2, 0.25) is 0 Å². The molecule has 2 aromatic carbocycles. The Morgan fingerprint density at radius 2 is 1.86 bits per heavy atom. The largest absolute Gasteiger partial charge is 0.348 e. The summed E-state index contributed by atoms with van der Waals surface area (Å²) in [6.07, 6.45) is 5.01. The van der Waals surface area contributed by atoms with Gasteiger partial charge in [-0.3, -0.25) is 5.10 Å². The number of H-pyrrole nitrogens is 1. The molecule has 3 aromatic heterocycles. The minimum absolute atomic E-state index is 0.0530. The fraction of sp³-hybridized carbons (Fsp3) is 0.0952. The summed E-state index contributed by atoms with van der Waals surface area (Å²) in [5.41, 5.74) is 4.21. The summed E-state index contributed by atoms with van der Waals surface area (Å²) in [5, 5.41) is 11.9. The highest BCUT2D eigenvalue weighted by atomic mass is 19.1. The van der Waals surface area contributed by atoms with Crippen LogP contribution in [0.4, 0.5) is 10.3 Å². The first-order chi connectivity index (χ1) is 14.2. The van der Waals surface area contributed by atoms with Crippen molar-refractivity contribution in [3.05, 3.63) is 72.6 Å². The Bertz CT molecular complexity index is 1310. The molecule has 0 unspecified atom stereocenters. The molecule has 0 saturated heterocycles. The number of nitrogens with one attached hydrogen (secondary N) is 2. The van der Waals surface area contributed by atoms with Crippen molar-refractivity contribution < 1.29 is 4.39 Å². The zero-order valence-corrected chi connectivity index (χ0v) is 15.5. The van der Waals surface area contributed by atoms with Crippen molar-refractivity contribution in [1.82, 2.24) is 30.1 Å². The predicted octanol–water partition coefficient (Wildman–Crippen LogP) is 4.28. The molecular formula is C21H16FN7. The molecule has 7 nitrogen and oxygen atoms in total. The van der Waals surface area contributed by atoms with Gasteiger partial charge in [-0.1, -0.05) is 18.2 Å². The molecule has 0 amide bonds. The van der Waals surface area contributed by atoms with Gasteiger partial charge in [-0.25, -0.2) is 24.3 Å². The van der Waals surface area contributed by atoms with Crippen LogP contribution in [-0.4, -0.2) is 30.1 Å². The molecule has 2 N–H and O–H groups in total. The molecule has 0 aliphatic heterocycles. The fourth-order valence-corrected chi connectivity index (χ4v) is 3.27. The van der Waals surface area contributed by atoms with Gasteiger partial charge in [0.2, 0.25) is 5.95 Å². The minimum Gasteiger partial charge on any atom is -0.348 e. The second-order valence-corrected chi connectivity index (χ2v) is 6.74. The van der Waals surface area contributed by atoms with Crippen molar-refractivity contribution in [3.8, 4) is 11.3 Å². The van der Waals surface area contributed by atoms with Crippen molar-refractivity contribution >= 4 is 27.9 Å². The quantitative estimate of drug-likeness (QED) is 0.480. The molecule has 142 valence electrons. The van der Waals surface area contributed by atoms with Crippen LogP contribution in [0.3, 0.4) is 0 Å². The lowest BCUT2D eigenvalue weighted by atomic mass is 10.1. The van der Waals surface area contributed by atoms with Crippen molar-refractivity contribution in [2.75, 3.05) is 5.32 Å². The Labute approximate surface area is 165 Å². The molecule has 3 heterocycles. The van der Waals surface area contributed by atoms with E-state index < -0.39 is 0 Å². The average Bonchev–Trinajstić information content (AvgIpc) is 3.23. The highest BCUT2D eigenvalue weighted by Crippen LogP contribution is 2.27. The standard InChI is InChI=1S/C21H16FN7/c1-12(13-2-5-16(22)6-3-13)27-21-23-9-15-8-14(4-7-18(15)28-21)19-17-10-26-29-20(17)25-11-24-19/h2-12H,1H3,(H,23,27,28)(H,24,25,26,29)/t12-/m1/s1. The lowest BCUT2D eigenvalue weighted by Gasteiger charge is -2.14. The van der Waals surface area contributed by atoms with E-state index in [2.05, 4.69) is 35.5 Å². The first-order valence-electron chi connectivity index (χ1n) is 9.10. The summed E-state index contributed by atoms with van der Waals surface area (Å²) < 4.78 is 13.1. The summed E-state index contributed by atoms with van der Waals surface area (Å²) in [7, 11) is 0. The van der Waals surface area contributed by atoms with Gasteiger partial charge in [0, 0.05) is 17.1 Å². The number of aromatic nitrogens is 6. The zero-order chi connectivity index (χ0) is 19.8. The van der Waals surface area contributed by atoms with Gasteiger partial charge in [-0.15, -0.1) is 0 Å². The molecule has 5 rings (SSSR count). The van der Waals surface area contributed by atoms with E-state index in [9.17, 15) is 4.39 Å². The molecule has 0 saturated carbocycles. The Morgan fingerprint density at radius 3 is 2.72 bits per heavy atom. The molecule has 1 atom stereocenters. The zero-order valence-electron chi connectivity index (χ0n) is 15.5. The molecule has 0 fully saturated rings. The summed E-state index contributed by atoms with van der Waals surface area (Å²) >= 11 is 0. The number of benzene rings is 2. The molecule has 5 aromatic rings. The van der Waals surface area contributed by atoms with Crippen molar-refractivity contribution in [1.29, 1.82) is 0 Å². The van der Waals surface area contributed by atoms with Gasteiger partial charge >= 0.3 is 0 Å². The number of rotatable bonds is 4. The second-order valence-electron chi connectivity index (χ2n) is 6.74. The smallest absolute Gasteiger partial charge is 0.223 e. The molecule has 0 spiro atoms. The van der Waals surface area contributed by atoms with E-state index in [0.29, 0.717) is 11.6 Å². The third kappa shape index (κ3) is 3.25. The number of hydrogen-bond donors (Lipinski definition) is 2. The lowest BCUT2D eigenvalue weighted by Crippen LogP contribution is -2.09. The fourth-order valence-electron chi connectivity index (χ4n) is 3.27. The van der Waals surface area contributed by atoms with Crippen LogP contribution in [0.25, 0.3) is 33.2 Å². The normalized spacial score (nSPS) is 12.3. The van der Waals surface area contributed by atoms with Crippen molar-refractivity contribution in [2.24, 2.45) is 0 Å². The monoisotopic (exact) mass is 385 g/mol. The van der Waals surface area contributed by atoms with Crippen molar-refractivity contribution in [3.63, 3.8) is 0 Å². The van der Waals surface area contributed by atoms with Crippen molar-refractivity contribution in [2.45, 2.75) is 13.0 Å². The van der Waals surface area contributed by atoms with Gasteiger partial charge in [0.15, 0.2) is 5.65 Å². The summed E-state index contributed by atoms with van der Waals surface area (Å²) in [5.74, 6) is 0.261. The number of fused-ring (bicyclic) bond motifs is 2. The Kier molecular flexibility index (Phi) is 4.09. The maximum atomic E-state index is 13.1. The second kappa shape index (κ2) is 6.90. The van der Waals surface area contributed by atoms with E-state index in [1.165, 1.54) is 18.5 Å². The number of hydrogen-bond acceptors (Lipinski definition) is 6. The van der Waals surface area contributed by atoms with Gasteiger partial charge in [-0.05, 0) is 36.8 Å². The first kappa shape index (κ1) is 17.2. The summed E-state index contributed by atoms with van der Waals surface area (Å²) in [4.78, 5) is 17.6. The van der Waals surface area contributed by atoms with E-state index >= 15 is 0 Å². The van der Waals surface area contributed by atoms with E-state index in [-0.39, 0.29) is 11.9 Å². The Hall–Kier alpha value is -3.94. The van der Waals surface area contributed by atoms with Crippen LogP contribution in [-0.2, 0) is 0 Å². The van der Waals surface area contributed by atoms with Crippen LogP contribution < -0.4 is 5.32 Å². The van der Waals surface area contributed by atoms with Gasteiger partial charge in [0.25, 0.3) is 0 Å². The van der Waals surface area contributed by atoms with Crippen LogP contribution in [0, 0.1) is 5.82 Å². The number of nitrogens with zero attached hydrogens (tertiary/aromatic N) is 5. The van der Waals surface area contributed by atoms with Crippen LogP contribution in [0.15, 0.2) is 61.2 Å². The van der Waals surface area contributed by atoms with E-state index in [1.807, 2.05) is 25.1 Å². The van der Waals surface area contributed by atoms with Crippen LogP contribution in [0.1, 0.15) is 18.5 Å².